The standard InChI is InChI=1S/C12H22N2O2/c1-3-10(12(15)16-2)6-8-14-7-4-5-11(13)9-14/h6,11H,3-5,7-9,13H2,1-2H3. The zero-order valence-electron chi connectivity index (χ0n) is 10.2. The van der Waals surface area contributed by atoms with Crippen LogP contribution in [0, 0.1) is 0 Å². The van der Waals surface area contributed by atoms with Gasteiger partial charge in [-0.05, 0) is 25.8 Å². The van der Waals surface area contributed by atoms with Gasteiger partial charge in [0.05, 0.1) is 7.11 Å². The lowest BCUT2D eigenvalue weighted by molar-refractivity contribution is -0.136. The molecule has 4 heteroatoms. The zero-order valence-corrected chi connectivity index (χ0v) is 10.2. The first-order chi connectivity index (χ1) is 7.67. The van der Waals surface area contributed by atoms with E-state index in [1.54, 1.807) is 0 Å². The van der Waals surface area contributed by atoms with Crippen LogP contribution in [0.3, 0.4) is 0 Å². The highest BCUT2D eigenvalue weighted by molar-refractivity contribution is 5.88. The highest BCUT2D eigenvalue weighted by Gasteiger charge is 2.16. The summed E-state index contributed by atoms with van der Waals surface area (Å²) in [5, 5.41) is 0. The Balaban J connectivity index is 2.46. The van der Waals surface area contributed by atoms with Crippen molar-refractivity contribution in [1.82, 2.24) is 4.90 Å². The third-order valence-electron chi connectivity index (χ3n) is 2.97. The van der Waals surface area contributed by atoms with Gasteiger partial charge < -0.3 is 10.5 Å². The van der Waals surface area contributed by atoms with Gasteiger partial charge in [-0.2, -0.15) is 0 Å². The first-order valence-corrected chi connectivity index (χ1v) is 5.92. The van der Waals surface area contributed by atoms with Gasteiger partial charge in [0, 0.05) is 24.7 Å². The first kappa shape index (κ1) is 13.2. The van der Waals surface area contributed by atoms with E-state index >= 15 is 0 Å². The average Bonchev–Trinajstić information content (AvgIpc) is 2.29. The first-order valence-electron chi connectivity index (χ1n) is 5.92. The molecule has 16 heavy (non-hydrogen) atoms. The van der Waals surface area contributed by atoms with Crippen LogP contribution >= 0.6 is 0 Å². The van der Waals surface area contributed by atoms with Crippen LogP contribution in [0.5, 0.6) is 0 Å². The van der Waals surface area contributed by atoms with Gasteiger partial charge in [0.2, 0.25) is 0 Å². The summed E-state index contributed by atoms with van der Waals surface area (Å²) in [6.07, 6.45) is 4.93. The van der Waals surface area contributed by atoms with E-state index in [0.29, 0.717) is 6.42 Å². The maximum absolute atomic E-state index is 11.3. The van der Waals surface area contributed by atoms with Gasteiger partial charge >= 0.3 is 5.97 Å². The summed E-state index contributed by atoms with van der Waals surface area (Å²) < 4.78 is 4.71. The van der Waals surface area contributed by atoms with Crippen molar-refractivity contribution in [2.75, 3.05) is 26.7 Å². The van der Waals surface area contributed by atoms with E-state index in [9.17, 15) is 4.79 Å². The number of esters is 1. The number of ether oxygens (including phenoxy) is 1. The van der Waals surface area contributed by atoms with Crippen LogP contribution in [0.1, 0.15) is 26.2 Å². The lowest BCUT2D eigenvalue weighted by atomic mass is 10.1. The Bertz CT molecular complexity index is 264. The van der Waals surface area contributed by atoms with Gasteiger partial charge in [-0.15, -0.1) is 0 Å². The molecule has 1 aliphatic heterocycles. The van der Waals surface area contributed by atoms with Crippen molar-refractivity contribution in [2.24, 2.45) is 5.73 Å². The van der Waals surface area contributed by atoms with E-state index in [2.05, 4.69) is 4.90 Å². The van der Waals surface area contributed by atoms with Crippen molar-refractivity contribution in [3.8, 4) is 0 Å². The van der Waals surface area contributed by atoms with E-state index in [1.165, 1.54) is 7.11 Å². The lowest BCUT2D eigenvalue weighted by Gasteiger charge is -2.29. The molecule has 0 bridgehead atoms. The van der Waals surface area contributed by atoms with Crippen molar-refractivity contribution in [3.63, 3.8) is 0 Å². The highest BCUT2D eigenvalue weighted by Crippen LogP contribution is 2.09. The SMILES string of the molecule is CCC(=CCN1CCCC(N)C1)C(=O)OC. The predicted molar refractivity (Wildman–Crippen MR) is 64.0 cm³/mol. The van der Waals surface area contributed by atoms with Gasteiger partial charge in [-0.25, -0.2) is 4.79 Å². The third kappa shape index (κ3) is 3.94. The highest BCUT2D eigenvalue weighted by atomic mass is 16.5. The number of nitrogens with two attached hydrogens (primary N) is 1. The summed E-state index contributed by atoms with van der Waals surface area (Å²) >= 11 is 0. The van der Waals surface area contributed by atoms with Crippen molar-refractivity contribution >= 4 is 5.97 Å². The molecule has 0 radical (unpaired) electrons. The Kier molecular flexibility index (Phi) is 5.49. The number of likely N-dealkylation sites (tertiary alicyclic amines) is 1. The summed E-state index contributed by atoms with van der Waals surface area (Å²) in [5.41, 5.74) is 6.65. The Morgan fingerprint density at radius 2 is 2.38 bits per heavy atom. The summed E-state index contributed by atoms with van der Waals surface area (Å²) in [4.78, 5) is 13.6. The van der Waals surface area contributed by atoms with Crippen LogP contribution in [-0.4, -0.2) is 43.7 Å². The molecule has 1 aliphatic rings. The monoisotopic (exact) mass is 226 g/mol. The molecule has 1 rings (SSSR count). The Hall–Kier alpha value is -0.870. The zero-order chi connectivity index (χ0) is 12.0. The Morgan fingerprint density at radius 3 is 2.94 bits per heavy atom. The molecule has 1 saturated heterocycles. The third-order valence-corrected chi connectivity index (χ3v) is 2.97. The van der Waals surface area contributed by atoms with Crippen LogP contribution in [0.15, 0.2) is 11.6 Å². The summed E-state index contributed by atoms with van der Waals surface area (Å²) in [7, 11) is 1.42. The van der Waals surface area contributed by atoms with Crippen molar-refractivity contribution in [3.05, 3.63) is 11.6 Å². The Morgan fingerprint density at radius 1 is 1.62 bits per heavy atom. The van der Waals surface area contributed by atoms with E-state index < -0.39 is 0 Å². The van der Waals surface area contributed by atoms with Gasteiger partial charge in [-0.1, -0.05) is 13.0 Å². The number of piperidine rings is 1. The second kappa shape index (κ2) is 6.66. The molecule has 1 fully saturated rings. The quantitative estimate of drug-likeness (QED) is 0.572. The molecule has 1 heterocycles. The minimum atomic E-state index is -0.219. The number of rotatable bonds is 4. The summed E-state index contributed by atoms with van der Waals surface area (Å²) in [6, 6.07) is 0.283. The summed E-state index contributed by atoms with van der Waals surface area (Å²) in [6.45, 7) is 4.76. The fourth-order valence-electron chi connectivity index (χ4n) is 2.00. The average molecular weight is 226 g/mol. The topological polar surface area (TPSA) is 55.6 Å². The fourth-order valence-corrected chi connectivity index (χ4v) is 2.00. The molecule has 4 nitrogen and oxygen atoms in total. The lowest BCUT2D eigenvalue weighted by Crippen LogP contribution is -2.42. The van der Waals surface area contributed by atoms with Crippen LogP contribution in [-0.2, 0) is 9.53 Å². The fraction of sp³-hybridized carbons (Fsp3) is 0.750. The largest absolute Gasteiger partial charge is 0.466 e. The molecule has 2 N–H and O–H groups in total. The van der Waals surface area contributed by atoms with E-state index in [1.807, 2.05) is 13.0 Å². The van der Waals surface area contributed by atoms with Gasteiger partial charge in [-0.3, -0.25) is 4.90 Å². The predicted octanol–water partition coefficient (Wildman–Crippen LogP) is 0.919. The molecular formula is C12H22N2O2. The molecular weight excluding hydrogens is 204 g/mol. The number of carbonyl (C=O) groups is 1. The molecule has 0 saturated carbocycles. The maximum atomic E-state index is 11.3. The van der Waals surface area contributed by atoms with Crippen molar-refractivity contribution in [2.45, 2.75) is 32.2 Å². The molecule has 0 aromatic rings. The van der Waals surface area contributed by atoms with E-state index in [4.69, 9.17) is 10.5 Å². The van der Waals surface area contributed by atoms with Crippen molar-refractivity contribution in [1.29, 1.82) is 0 Å². The van der Waals surface area contributed by atoms with Crippen LogP contribution in [0.25, 0.3) is 0 Å². The molecule has 0 aliphatic carbocycles. The number of hydrogen-bond donors (Lipinski definition) is 1. The smallest absolute Gasteiger partial charge is 0.333 e. The molecule has 0 aromatic carbocycles. The second-order valence-electron chi connectivity index (χ2n) is 4.24. The molecule has 92 valence electrons. The number of carbonyl (C=O) groups excluding carboxylic acids is 1. The van der Waals surface area contributed by atoms with Gasteiger partial charge in [0.1, 0.15) is 0 Å². The van der Waals surface area contributed by atoms with E-state index in [0.717, 1.165) is 38.0 Å². The molecule has 0 spiro atoms. The Labute approximate surface area is 97.4 Å². The molecule has 1 atom stereocenters. The van der Waals surface area contributed by atoms with Crippen LogP contribution in [0.4, 0.5) is 0 Å². The van der Waals surface area contributed by atoms with Crippen molar-refractivity contribution < 1.29 is 9.53 Å². The molecule has 1 unspecified atom stereocenters. The number of methoxy groups -OCH3 is 1. The normalized spacial score (nSPS) is 23.2. The second-order valence-corrected chi connectivity index (χ2v) is 4.24. The number of hydrogen-bond acceptors (Lipinski definition) is 4. The maximum Gasteiger partial charge on any atom is 0.333 e. The van der Waals surface area contributed by atoms with Crippen LogP contribution < -0.4 is 5.73 Å². The minimum absolute atomic E-state index is 0.219. The van der Waals surface area contributed by atoms with E-state index in [-0.39, 0.29) is 12.0 Å². The minimum Gasteiger partial charge on any atom is -0.466 e. The molecule has 0 amide bonds. The van der Waals surface area contributed by atoms with Gasteiger partial charge in [0.25, 0.3) is 0 Å². The number of nitrogens with zero attached hydrogens (tertiary/aromatic N) is 1. The summed E-state index contributed by atoms with van der Waals surface area (Å²) in [5.74, 6) is -0.219. The van der Waals surface area contributed by atoms with Crippen LogP contribution in [0.2, 0.25) is 0 Å². The molecule has 0 aromatic heterocycles. The van der Waals surface area contributed by atoms with Gasteiger partial charge in [0.15, 0.2) is 0 Å².